The van der Waals surface area contributed by atoms with Crippen molar-refractivity contribution >= 4 is 19.5 Å². The minimum atomic E-state index is -2.18. The van der Waals surface area contributed by atoms with E-state index in [0.717, 1.165) is 17.2 Å². The zero-order chi connectivity index (χ0) is 16.4. The fourth-order valence-corrected chi connectivity index (χ4v) is 1.56. The molecule has 0 amide bonds. The van der Waals surface area contributed by atoms with Crippen LogP contribution in [0.3, 0.4) is 0 Å². The van der Waals surface area contributed by atoms with Gasteiger partial charge in [-0.15, -0.1) is 0 Å². The van der Waals surface area contributed by atoms with Gasteiger partial charge >= 0.3 is 7.23 Å². The fraction of sp³-hybridized carbons (Fsp3) is 0.692. The predicted octanol–water partition coefficient (Wildman–Crippen LogP) is 3.41. The minimum absolute atomic E-state index is 0.00361. The van der Waals surface area contributed by atoms with Crippen molar-refractivity contribution in [2.24, 2.45) is 0 Å². The van der Waals surface area contributed by atoms with E-state index in [4.69, 9.17) is 18.9 Å². The van der Waals surface area contributed by atoms with Crippen LogP contribution >= 0.6 is 19.5 Å². The molecule has 1 N–H and O–H groups in total. The fourth-order valence-electron chi connectivity index (χ4n) is 1.56. The van der Waals surface area contributed by atoms with Gasteiger partial charge in [0.15, 0.2) is 0 Å². The number of ether oxygens (including phenoxy) is 2. The zero-order valence-corrected chi connectivity index (χ0v) is 14.9. The molecule has 2 atom stereocenters. The Labute approximate surface area is 132 Å². The maximum atomic E-state index is 9.01. The van der Waals surface area contributed by atoms with Gasteiger partial charge in [0, 0.05) is 19.6 Å². The average Bonchev–Trinajstić information content (AvgIpc) is 2.38. The molecule has 1 aromatic heterocycles. The van der Waals surface area contributed by atoms with E-state index in [-0.39, 0.29) is 6.10 Å². The topological polar surface area (TPSA) is 81.5 Å². The smallest absolute Gasteiger partial charge is 0.378 e. The molecule has 0 aromatic carbocycles. The first kappa shape index (κ1) is 20.4. The lowest BCUT2D eigenvalue weighted by Crippen LogP contribution is -2.09. The molecule has 1 rings (SSSR count). The van der Waals surface area contributed by atoms with Crippen molar-refractivity contribution in [1.29, 1.82) is 0 Å². The Morgan fingerprint density at radius 3 is 2.38 bits per heavy atom. The van der Waals surface area contributed by atoms with Crippen LogP contribution in [0.15, 0.2) is 6.07 Å². The van der Waals surface area contributed by atoms with Gasteiger partial charge in [0.2, 0.25) is 0 Å². The Kier molecular flexibility index (Phi) is 10.7. The normalized spacial score (nSPS) is 12.7. The number of thiol groups is 1. The first-order valence-electron chi connectivity index (χ1n) is 6.65. The van der Waals surface area contributed by atoms with Gasteiger partial charge in [-0.2, -0.15) is 4.89 Å². The van der Waals surface area contributed by atoms with Crippen LogP contribution in [0.5, 0.6) is 0 Å². The first-order valence-corrected chi connectivity index (χ1v) is 9.01. The second-order valence-corrected chi connectivity index (χ2v) is 6.11. The number of methoxy groups -OCH3 is 1. The van der Waals surface area contributed by atoms with Gasteiger partial charge in [0.1, 0.15) is 18.1 Å². The average molecular weight is 335 g/mol. The van der Waals surface area contributed by atoms with E-state index in [0.29, 0.717) is 19.1 Å². The summed E-state index contributed by atoms with van der Waals surface area (Å²) in [6, 6.07) is 1.95. The highest BCUT2D eigenvalue weighted by Crippen LogP contribution is 2.19. The van der Waals surface area contributed by atoms with Crippen LogP contribution in [0.1, 0.15) is 56.9 Å². The molecule has 120 valence electrons. The molecule has 0 bridgehead atoms. The minimum Gasteiger partial charge on any atom is -0.378 e. The number of rotatable bonds is 6. The van der Waals surface area contributed by atoms with Crippen molar-refractivity contribution in [3.63, 3.8) is 0 Å². The summed E-state index contributed by atoms with van der Waals surface area (Å²) in [5.74, 6) is 1.15. The Hall–Kier alpha value is -0.590. The molecule has 0 fully saturated rings. The van der Waals surface area contributed by atoms with Crippen LogP contribution < -0.4 is 0 Å². The van der Waals surface area contributed by atoms with Crippen molar-refractivity contribution in [1.82, 2.24) is 9.97 Å². The molecule has 1 heterocycles. The van der Waals surface area contributed by atoms with Gasteiger partial charge in [-0.1, -0.05) is 13.8 Å². The summed E-state index contributed by atoms with van der Waals surface area (Å²) in [5.41, 5.74) is 1.84. The summed E-state index contributed by atoms with van der Waals surface area (Å²) in [6.07, 6.45) is -0.00361. The molecule has 6 nitrogen and oxygen atoms in total. The quantitative estimate of drug-likeness (QED) is 0.612. The lowest BCUT2D eigenvalue weighted by Gasteiger charge is -2.14. The monoisotopic (exact) mass is 335 g/mol. The predicted molar refractivity (Wildman–Crippen MR) is 85.7 cm³/mol. The highest BCUT2D eigenvalue weighted by Gasteiger charge is 2.13. The molecule has 0 saturated carbocycles. The van der Waals surface area contributed by atoms with E-state index in [1.807, 2.05) is 19.9 Å². The Balaban J connectivity index is 0.000000885. The highest BCUT2D eigenvalue weighted by atomic mass is 32.7. The second kappa shape index (κ2) is 11.0. The molecule has 0 spiro atoms. The number of aromatic nitrogens is 2. The van der Waals surface area contributed by atoms with E-state index in [1.165, 1.54) is 0 Å². The Morgan fingerprint density at radius 2 is 1.95 bits per heavy atom. The summed E-state index contributed by atoms with van der Waals surface area (Å²) in [6.45, 7) is 9.35. The van der Waals surface area contributed by atoms with Crippen LogP contribution in [0.4, 0.5) is 0 Å². The van der Waals surface area contributed by atoms with Crippen molar-refractivity contribution < 1.29 is 18.9 Å². The molecule has 0 aliphatic rings. The third kappa shape index (κ3) is 9.11. The first-order chi connectivity index (χ1) is 9.81. The van der Waals surface area contributed by atoms with Crippen LogP contribution in [-0.4, -0.2) is 28.6 Å². The summed E-state index contributed by atoms with van der Waals surface area (Å²) in [5, 5.41) is 0. The molecular weight excluding hydrogens is 311 g/mol. The molecule has 0 aliphatic carbocycles. The third-order valence-corrected chi connectivity index (χ3v) is 2.46. The largest absolute Gasteiger partial charge is 0.579 e. The third-order valence-electron chi connectivity index (χ3n) is 2.46. The SMILES string of the molecule is CCOC(C)c1cc(COC)nc(C(C)C)n1.O=[P+](O)S. The van der Waals surface area contributed by atoms with Gasteiger partial charge in [-0.05, 0) is 24.5 Å². The standard InChI is InChI=1S/C13H22N2O2.HO2PS/c1-6-17-10(4)12-7-11(8-16-5)14-13(15-12)9(2)3;1-3(2)4/h7,9-10H,6,8H2,1-5H3;(H-,1,2,4)/p+1. The van der Waals surface area contributed by atoms with E-state index in [9.17, 15) is 0 Å². The maximum absolute atomic E-state index is 9.01. The van der Waals surface area contributed by atoms with Gasteiger partial charge in [0.25, 0.3) is 0 Å². The molecule has 8 heteroatoms. The number of nitrogens with zero attached hydrogens (tertiary/aromatic N) is 2. The summed E-state index contributed by atoms with van der Waals surface area (Å²) >= 11 is 3.03. The van der Waals surface area contributed by atoms with Crippen LogP contribution in [0.2, 0.25) is 0 Å². The lowest BCUT2D eigenvalue weighted by molar-refractivity contribution is 0.0727. The van der Waals surface area contributed by atoms with E-state index in [1.54, 1.807) is 7.11 Å². The van der Waals surface area contributed by atoms with Gasteiger partial charge in [-0.25, -0.2) is 9.97 Å². The van der Waals surface area contributed by atoms with Crippen molar-refractivity contribution in [2.75, 3.05) is 13.7 Å². The van der Waals surface area contributed by atoms with Gasteiger partial charge < -0.3 is 9.47 Å². The van der Waals surface area contributed by atoms with E-state index in [2.05, 4.69) is 36.1 Å². The summed E-state index contributed by atoms with van der Waals surface area (Å²) in [4.78, 5) is 16.4. The molecule has 0 radical (unpaired) electrons. The maximum Gasteiger partial charge on any atom is 0.579 e. The molecule has 1 aromatic rings. The molecular formula is C13H24N2O4PS+. The van der Waals surface area contributed by atoms with Crippen molar-refractivity contribution in [3.05, 3.63) is 23.3 Å². The van der Waals surface area contributed by atoms with Crippen LogP contribution in [-0.2, 0) is 20.6 Å². The Morgan fingerprint density at radius 1 is 1.38 bits per heavy atom. The van der Waals surface area contributed by atoms with Crippen LogP contribution in [0.25, 0.3) is 0 Å². The highest BCUT2D eigenvalue weighted by molar-refractivity contribution is 8.38. The second-order valence-electron chi connectivity index (χ2n) is 4.58. The van der Waals surface area contributed by atoms with Gasteiger partial charge in [0.05, 0.1) is 24.1 Å². The zero-order valence-electron chi connectivity index (χ0n) is 13.1. The Bertz CT molecular complexity index is 442. The number of hydrogen-bond donors (Lipinski definition) is 2. The van der Waals surface area contributed by atoms with E-state index >= 15 is 0 Å². The van der Waals surface area contributed by atoms with Gasteiger partial charge in [-0.3, -0.25) is 0 Å². The van der Waals surface area contributed by atoms with Crippen molar-refractivity contribution in [2.45, 2.75) is 46.3 Å². The summed E-state index contributed by atoms with van der Waals surface area (Å²) < 4.78 is 19.7. The lowest BCUT2D eigenvalue weighted by atomic mass is 10.1. The molecule has 21 heavy (non-hydrogen) atoms. The van der Waals surface area contributed by atoms with E-state index < -0.39 is 7.23 Å². The molecule has 2 unspecified atom stereocenters. The molecule has 0 aliphatic heterocycles. The van der Waals surface area contributed by atoms with Crippen LogP contribution in [0, 0.1) is 0 Å². The van der Waals surface area contributed by atoms with Crippen molar-refractivity contribution in [3.8, 4) is 0 Å². The summed E-state index contributed by atoms with van der Waals surface area (Å²) in [7, 11) is -0.506. The molecule has 0 saturated heterocycles. The number of hydrogen-bond acceptors (Lipinski definition) is 5.